The summed E-state index contributed by atoms with van der Waals surface area (Å²) in [6.45, 7) is 14.3. The molecule has 1 saturated carbocycles. The average Bonchev–Trinajstić information content (AvgIpc) is 2.54. The molecule has 136 valence electrons. The van der Waals surface area contributed by atoms with Crippen LogP contribution in [0.25, 0.3) is 0 Å². The first-order chi connectivity index (χ1) is 11.4. The van der Waals surface area contributed by atoms with Crippen molar-refractivity contribution in [3.05, 3.63) is 25.3 Å². The Balaban J connectivity index is 2.57. The van der Waals surface area contributed by atoms with Crippen LogP contribution in [0.4, 0.5) is 0 Å². The fourth-order valence-corrected chi connectivity index (χ4v) is 5.17. The molecule has 0 unspecified atom stereocenters. The Morgan fingerprint density at radius 1 is 1.25 bits per heavy atom. The number of rotatable bonds is 8. The smallest absolute Gasteiger partial charge is 0.316 e. The van der Waals surface area contributed by atoms with E-state index in [1.165, 1.54) is 0 Å². The van der Waals surface area contributed by atoms with Crippen LogP contribution in [0.2, 0.25) is 0 Å². The van der Waals surface area contributed by atoms with E-state index >= 15 is 0 Å². The zero-order valence-electron chi connectivity index (χ0n) is 15.4. The van der Waals surface area contributed by atoms with Gasteiger partial charge in [-0.15, -0.1) is 13.2 Å². The Labute approximate surface area is 146 Å². The summed E-state index contributed by atoms with van der Waals surface area (Å²) in [5, 5.41) is 12.0. The summed E-state index contributed by atoms with van der Waals surface area (Å²) in [4.78, 5) is 15.4. The minimum atomic E-state index is -1.10. The second-order valence-corrected chi connectivity index (χ2v) is 7.42. The molecule has 4 nitrogen and oxygen atoms in total. The number of nitrogens with zero attached hydrogens (tertiary/aromatic N) is 1. The normalized spacial score (nSPS) is 36.1. The number of aliphatic hydroxyl groups is 1. The highest BCUT2D eigenvalue weighted by molar-refractivity contribution is 5.80. The van der Waals surface area contributed by atoms with Crippen LogP contribution >= 0.6 is 0 Å². The van der Waals surface area contributed by atoms with Crippen LogP contribution in [0.1, 0.15) is 52.4 Å². The topological polar surface area (TPSA) is 49.8 Å². The Hall–Kier alpha value is -1.13. The van der Waals surface area contributed by atoms with Crippen molar-refractivity contribution in [2.75, 3.05) is 26.2 Å². The van der Waals surface area contributed by atoms with Gasteiger partial charge in [-0.1, -0.05) is 25.5 Å². The predicted octanol–water partition coefficient (Wildman–Crippen LogP) is 3.32. The van der Waals surface area contributed by atoms with E-state index < -0.39 is 11.0 Å². The van der Waals surface area contributed by atoms with Crippen LogP contribution in [-0.4, -0.2) is 47.8 Å². The molecule has 2 bridgehead atoms. The Morgan fingerprint density at radius 3 is 2.58 bits per heavy atom. The lowest BCUT2D eigenvalue weighted by Crippen LogP contribution is -2.74. The molecule has 0 spiro atoms. The van der Waals surface area contributed by atoms with Crippen molar-refractivity contribution in [1.29, 1.82) is 0 Å². The van der Waals surface area contributed by atoms with E-state index in [1.807, 2.05) is 13.0 Å². The fraction of sp³-hybridized carbons (Fsp3) is 0.750. The number of carbonyl (C=O) groups excluding carboxylic acids is 1. The number of allylic oxidation sites excluding steroid dienone is 1. The third-order valence-corrected chi connectivity index (χ3v) is 6.33. The van der Waals surface area contributed by atoms with E-state index in [4.69, 9.17) is 4.74 Å². The molecule has 1 N–H and O–H groups in total. The van der Waals surface area contributed by atoms with Gasteiger partial charge < -0.3 is 14.7 Å². The van der Waals surface area contributed by atoms with E-state index in [9.17, 15) is 9.90 Å². The van der Waals surface area contributed by atoms with Gasteiger partial charge in [-0.2, -0.15) is 0 Å². The van der Waals surface area contributed by atoms with Gasteiger partial charge in [0.05, 0.1) is 12.2 Å². The maximum absolute atomic E-state index is 13.0. The number of likely N-dealkylation sites (tertiary alicyclic amines) is 1. The number of hydrogen-bond acceptors (Lipinski definition) is 4. The first kappa shape index (κ1) is 19.2. The standard InChI is InChI=1S/C20H33NO3/c1-5-9-12-18-13-10-14-19(17(22)24-8-4,16-21(7-3)15-18)20(18,23)11-6-2/h5-6,23H,1-2,7-16H2,3-4H3/t18-,19+,20+/m1/s1. The van der Waals surface area contributed by atoms with E-state index in [1.54, 1.807) is 6.08 Å². The van der Waals surface area contributed by atoms with Crippen molar-refractivity contribution < 1.29 is 14.6 Å². The lowest BCUT2D eigenvalue weighted by molar-refractivity contribution is -0.251. The number of hydrogen-bond donors (Lipinski definition) is 1. The SMILES string of the molecule is C=CCC[C@@]12CCC[C@@](C(=O)OCC)(CN(CC)C1)[C@]2(O)CC=C. The third-order valence-electron chi connectivity index (χ3n) is 6.33. The van der Waals surface area contributed by atoms with Gasteiger partial charge in [-0.3, -0.25) is 4.79 Å². The molecule has 24 heavy (non-hydrogen) atoms. The molecule has 1 aliphatic carbocycles. The van der Waals surface area contributed by atoms with Crippen molar-refractivity contribution in [1.82, 2.24) is 4.90 Å². The van der Waals surface area contributed by atoms with Gasteiger partial charge in [0, 0.05) is 18.5 Å². The third kappa shape index (κ3) is 2.74. The van der Waals surface area contributed by atoms with Crippen LogP contribution in [0.3, 0.4) is 0 Å². The van der Waals surface area contributed by atoms with Gasteiger partial charge in [-0.05, 0) is 45.6 Å². The predicted molar refractivity (Wildman–Crippen MR) is 96.7 cm³/mol. The van der Waals surface area contributed by atoms with Crippen molar-refractivity contribution in [2.45, 2.75) is 58.0 Å². The Bertz CT molecular complexity index is 491. The highest BCUT2D eigenvalue weighted by Gasteiger charge is 2.69. The van der Waals surface area contributed by atoms with Gasteiger partial charge in [-0.25, -0.2) is 0 Å². The minimum Gasteiger partial charge on any atom is -0.465 e. The molecule has 2 rings (SSSR count). The number of piperidine rings is 1. The number of carbonyl (C=O) groups is 1. The Morgan fingerprint density at radius 2 is 2.00 bits per heavy atom. The van der Waals surface area contributed by atoms with Gasteiger partial charge in [0.1, 0.15) is 5.41 Å². The van der Waals surface area contributed by atoms with Gasteiger partial charge in [0.2, 0.25) is 0 Å². The van der Waals surface area contributed by atoms with Crippen molar-refractivity contribution in [3.8, 4) is 0 Å². The summed E-state index contributed by atoms with van der Waals surface area (Å²) in [7, 11) is 0. The fourth-order valence-electron chi connectivity index (χ4n) is 5.17. The van der Waals surface area contributed by atoms with Gasteiger partial charge >= 0.3 is 5.97 Å². The van der Waals surface area contributed by atoms with Crippen molar-refractivity contribution >= 4 is 5.97 Å². The second kappa shape index (κ2) is 7.40. The lowest BCUT2D eigenvalue weighted by atomic mass is 9.46. The van der Waals surface area contributed by atoms with Gasteiger partial charge in [0.25, 0.3) is 0 Å². The summed E-state index contributed by atoms with van der Waals surface area (Å²) < 4.78 is 5.46. The highest BCUT2D eigenvalue weighted by Crippen LogP contribution is 2.61. The molecule has 3 atom stereocenters. The molecule has 0 radical (unpaired) electrons. The molecule has 1 saturated heterocycles. The molecular formula is C20H33NO3. The first-order valence-electron chi connectivity index (χ1n) is 9.29. The molecule has 1 aliphatic heterocycles. The molecule has 2 fully saturated rings. The van der Waals surface area contributed by atoms with Crippen LogP contribution in [-0.2, 0) is 9.53 Å². The first-order valence-corrected chi connectivity index (χ1v) is 9.29. The molecule has 1 heterocycles. The van der Waals surface area contributed by atoms with Crippen molar-refractivity contribution in [3.63, 3.8) is 0 Å². The van der Waals surface area contributed by atoms with Crippen molar-refractivity contribution in [2.24, 2.45) is 10.8 Å². The highest BCUT2D eigenvalue weighted by atomic mass is 16.5. The molecular weight excluding hydrogens is 302 g/mol. The van der Waals surface area contributed by atoms with E-state index in [-0.39, 0.29) is 11.4 Å². The zero-order chi connectivity index (χ0) is 17.8. The van der Waals surface area contributed by atoms with Crippen LogP contribution in [0, 0.1) is 10.8 Å². The molecule has 2 aliphatic rings. The summed E-state index contributed by atoms with van der Waals surface area (Å²) in [5.41, 5.74) is -2.26. The van der Waals surface area contributed by atoms with Crippen LogP contribution in [0.5, 0.6) is 0 Å². The quantitative estimate of drug-likeness (QED) is 0.546. The minimum absolute atomic E-state index is 0.241. The maximum Gasteiger partial charge on any atom is 0.316 e. The monoisotopic (exact) mass is 335 g/mol. The molecule has 0 aromatic rings. The maximum atomic E-state index is 13.0. The van der Waals surface area contributed by atoms with Crippen LogP contribution < -0.4 is 0 Å². The molecule has 0 aromatic heterocycles. The van der Waals surface area contributed by atoms with E-state index in [2.05, 4.69) is 25.0 Å². The number of esters is 1. The summed E-state index contributed by atoms with van der Waals surface area (Å²) >= 11 is 0. The van der Waals surface area contributed by atoms with E-state index in [0.717, 1.165) is 38.8 Å². The van der Waals surface area contributed by atoms with Crippen LogP contribution in [0.15, 0.2) is 25.3 Å². The number of ether oxygens (including phenoxy) is 1. The summed E-state index contributed by atoms with van der Waals surface area (Å²) in [6, 6.07) is 0. The Kier molecular flexibility index (Phi) is 5.92. The number of fused-ring (bicyclic) bond motifs is 2. The summed E-state index contributed by atoms with van der Waals surface area (Å²) in [5.74, 6) is -0.241. The summed E-state index contributed by atoms with van der Waals surface area (Å²) in [6.07, 6.45) is 8.37. The average molecular weight is 335 g/mol. The zero-order valence-corrected chi connectivity index (χ0v) is 15.4. The van der Waals surface area contributed by atoms with Gasteiger partial charge in [0.15, 0.2) is 0 Å². The van der Waals surface area contributed by atoms with E-state index in [0.29, 0.717) is 26.0 Å². The molecule has 0 aromatic carbocycles. The largest absolute Gasteiger partial charge is 0.465 e. The molecule has 4 heteroatoms. The molecule has 0 amide bonds. The second-order valence-electron chi connectivity index (χ2n) is 7.42. The lowest BCUT2D eigenvalue weighted by Gasteiger charge is -2.65.